The Balaban J connectivity index is 0.000000970. The molecule has 0 spiro atoms. The number of fused-ring (bicyclic) bond motifs is 1. The second kappa shape index (κ2) is 12.5. The van der Waals surface area contributed by atoms with Crippen LogP contribution >= 0.6 is 0 Å². The Labute approximate surface area is 199 Å². The molecule has 10 heteroatoms. The maximum atomic E-state index is 13.2. The Kier molecular flexibility index (Phi) is 9.81. The second-order valence-corrected chi connectivity index (χ2v) is 7.85. The van der Waals surface area contributed by atoms with Gasteiger partial charge in [0.15, 0.2) is 0 Å². The molecule has 2 N–H and O–H groups in total. The Morgan fingerprint density at radius 1 is 1.09 bits per heavy atom. The third kappa shape index (κ3) is 6.22. The highest BCUT2D eigenvalue weighted by molar-refractivity contribution is 7.84. The fraction of sp³-hybridized carbons (Fsp3) is 0.250. The summed E-state index contributed by atoms with van der Waals surface area (Å²) in [5, 5.41) is 7.90. The van der Waals surface area contributed by atoms with Gasteiger partial charge >= 0.3 is 0 Å². The van der Waals surface area contributed by atoms with Crippen LogP contribution in [0, 0.1) is 5.82 Å². The molecule has 0 aliphatic carbocycles. The van der Waals surface area contributed by atoms with Crippen molar-refractivity contribution in [3.63, 3.8) is 0 Å². The fourth-order valence-electron chi connectivity index (χ4n) is 3.02. The number of hydrogen-bond donors (Lipinski definition) is 2. The first-order chi connectivity index (χ1) is 16.4. The van der Waals surface area contributed by atoms with E-state index in [2.05, 4.69) is 20.4 Å². The van der Waals surface area contributed by atoms with Crippen LogP contribution in [0.1, 0.15) is 43.6 Å². The van der Waals surface area contributed by atoms with Crippen molar-refractivity contribution in [2.24, 2.45) is 0 Å². The minimum Gasteiger partial charge on any atom is -0.348 e. The van der Waals surface area contributed by atoms with Gasteiger partial charge in [-0.25, -0.2) is 9.07 Å². The molecule has 34 heavy (non-hydrogen) atoms. The molecular formula is C24H28FN5O3S. The molecule has 8 nitrogen and oxygen atoms in total. The van der Waals surface area contributed by atoms with Gasteiger partial charge in [0, 0.05) is 30.4 Å². The van der Waals surface area contributed by atoms with E-state index in [0.29, 0.717) is 27.7 Å². The monoisotopic (exact) mass is 485 g/mol. The van der Waals surface area contributed by atoms with Crippen LogP contribution in [0.25, 0.3) is 16.6 Å². The number of aromatic nitrogens is 4. The summed E-state index contributed by atoms with van der Waals surface area (Å²) >= 11 is 0. The minimum atomic E-state index is -1.35. The Morgan fingerprint density at radius 3 is 2.41 bits per heavy atom. The molecule has 0 aliphatic heterocycles. The number of rotatable bonds is 5. The first-order valence-electron chi connectivity index (χ1n) is 10.8. The van der Waals surface area contributed by atoms with Crippen molar-refractivity contribution >= 4 is 27.6 Å². The molecule has 0 saturated heterocycles. The Bertz CT molecular complexity index is 1330. The van der Waals surface area contributed by atoms with Gasteiger partial charge in [0.1, 0.15) is 10.8 Å². The number of carbonyl (C=O) groups is 1. The van der Waals surface area contributed by atoms with Crippen LogP contribution in [0.5, 0.6) is 0 Å². The van der Waals surface area contributed by atoms with E-state index < -0.39 is 22.3 Å². The van der Waals surface area contributed by atoms with Crippen LogP contribution in [-0.4, -0.2) is 36.1 Å². The molecule has 4 rings (SSSR count). The molecule has 4 aromatic rings. The van der Waals surface area contributed by atoms with Crippen molar-refractivity contribution in [3.8, 4) is 5.69 Å². The van der Waals surface area contributed by atoms with Gasteiger partial charge in [0.2, 0.25) is 5.56 Å². The molecule has 3 aromatic heterocycles. The lowest BCUT2D eigenvalue weighted by atomic mass is 10.1. The maximum Gasteiger partial charge on any atom is 0.253 e. The molecule has 0 aliphatic rings. The van der Waals surface area contributed by atoms with E-state index in [9.17, 15) is 18.2 Å². The molecule has 0 fully saturated rings. The number of benzene rings is 1. The number of H-pyrrole nitrogens is 1. The highest BCUT2D eigenvalue weighted by Gasteiger charge is 2.15. The number of nitrogens with zero attached hydrogens (tertiary/aromatic N) is 3. The van der Waals surface area contributed by atoms with E-state index in [1.165, 1.54) is 30.7 Å². The number of carbonyl (C=O) groups excluding carboxylic acids is 1. The zero-order chi connectivity index (χ0) is 25.3. The summed E-state index contributed by atoms with van der Waals surface area (Å²) in [6.07, 6.45) is 6.00. The topological polar surface area (TPSA) is 110 Å². The maximum absolute atomic E-state index is 13.2. The van der Waals surface area contributed by atoms with Crippen molar-refractivity contribution in [2.45, 2.75) is 39.3 Å². The highest BCUT2D eigenvalue weighted by Crippen LogP contribution is 2.21. The number of aromatic amines is 1. The smallest absolute Gasteiger partial charge is 0.253 e. The summed E-state index contributed by atoms with van der Waals surface area (Å²) in [4.78, 5) is 31.1. The van der Waals surface area contributed by atoms with Gasteiger partial charge in [-0.05, 0) is 35.9 Å². The summed E-state index contributed by atoms with van der Waals surface area (Å²) in [6.45, 7) is 8.08. The number of hydrogen-bond acceptors (Lipinski definition) is 5. The van der Waals surface area contributed by atoms with Crippen molar-refractivity contribution in [1.29, 1.82) is 0 Å². The van der Waals surface area contributed by atoms with Gasteiger partial charge in [0.05, 0.1) is 40.0 Å². The summed E-state index contributed by atoms with van der Waals surface area (Å²) in [6, 6.07) is 8.72. The van der Waals surface area contributed by atoms with Crippen molar-refractivity contribution < 1.29 is 13.4 Å². The lowest BCUT2D eigenvalue weighted by molar-refractivity contribution is 0.0952. The summed E-state index contributed by atoms with van der Waals surface area (Å²) in [5.41, 5.74) is 1.67. The van der Waals surface area contributed by atoms with Crippen molar-refractivity contribution in [2.75, 3.05) is 6.26 Å². The van der Waals surface area contributed by atoms with Crippen LogP contribution in [0.15, 0.2) is 64.8 Å². The third-order valence-corrected chi connectivity index (χ3v) is 5.29. The predicted molar refractivity (Wildman–Crippen MR) is 132 cm³/mol. The van der Waals surface area contributed by atoms with E-state index in [4.69, 9.17) is 0 Å². The molecule has 1 unspecified atom stereocenters. The van der Waals surface area contributed by atoms with Gasteiger partial charge in [0.25, 0.3) is 5.91 Å². The summed E-state index contributed by atoms with van der Waals surface area (Å²) < 4.78 is 26.4. The van der Waals surface area contributed by atoms with Gasteiger partial charge < -0.3 is 10.3 Å². The van der Waals surface area contributed by atoms with Crippen molar-refractivity contribution in [1.82, 2.24) is 25.1 Å². The molecule has 1 aromatic carbocycles. The normalized spacial score (nSPS) is 11.0. The fourth-order valence-corrected chi connectivity index (χ4v) is 3.58. The zero-order valence-electron chi connectivity index (χ0n) is 19.8. The zero-order valence-corrected chi connectivity index (χ0v) is 20.6. The Morgan fingerprint density at radius 2 is 1.76 bits per heavy atom. The third-order valence-electron chi connectivity index (χ3n) is 4.46. The second-order valence-electron chi connectivity index (χ2n) is 6.51. The lowest BCUT2D eigenvalue weighted by Crippen LogP contribution is -2.24. The number of pyridine rings is 2. The SMILES string of the molecule is CC.CC.CS(=O)c1cc(CNC(=O)c2cncc3c2cnn3-c2ccc(F)cc2)cc(=O)[nH]1. The van der Waals surface area contributed by atoms with E-state index >= 15 is 0 Å². The average Bonchev–Trinajstić information content (AvgIpc) is 3.29. The molecule has 0 saturated carbocycles. The van der Waals surface area contributed by atoms with Crippen LogP contribution in [-0.2, 0) is 17.3 Å². The van der Waals surface area contributed by atoms with Gasteiger partial charge in [-0.3, -0.25) is 18.8 Å². The average molecular weight is 486 g/mol. The predicted octanol–water partition coefficient (Wildman–Crippen LogP) is 3.97. The van der Waals surface area contributed by atoms with Gasteiger partial charge in [-0.2, -0.15) is 5.10 Å². The van der Waals surface area contributed by atoms with Crippen LogP contribution in [0.3, 0.4) is 0 Å². The van der Waals surface area contributed by atoms with Crippen LogP contribution < -0.4 is 10.9 Å². The minimum absolute atomic E-state index is 0.0788. The largest absolute Gasteiger partial charge is 0.348 e. The standard InChI is InChI=1S/C20H16FN5O3S.2C2H6/c1-30(29)19-7-12(6-18(27)25-19)8-23-20(28)16-9-22-11-17-15(16)10-24-26(17)14-4-2-13(21)3-5-14;2*1-2/h2-7,9-11H,8H2,1H3,(H,23,28)(H,25,27);2*1-2H3. The number of nitrogens with one attached hydrogen (secondary N) is 2. The van der Waals surface area contributed by atoms with Gasteiger partial charge in [-0.1, -0.05) is 27.7 Å². The lowest BCUT2D eigenvalue weighted by Gasteiger charge is -2.08. The first-order valence-corrected chi connectivity index (χ1v) is 12.4. The molecular weight excluding hydrogens is 457 g/mol. The molecule has 1 atom stereocenters. The van der Waals surface area contributed by atoms with E-state index in [0.717, 1.165) is 0 Å². The Hall–Kier alpha value is -3.66. The first kappa shape index (κ1) is 26.6. The highest BCUT2D eigenvalue weighted by atomic mass is 32.2. The van der Waals surface area contributed by atoms with E-state index in [1.54, 1.807) is 35.3 Å². The summed E-state index contributed by atoms with van der Waals surface area (Å²) in [7, 11) is -1.35. The van der Waals surface area contributed by atoms with E-state index in [1.807, 2.05) is 27.7 Å². The van der Waals surface area contributed by atoms with Crippen LogP contribution in [0.2, 0.25) is 0 Å². The van der Waals surface area contributed by atoms with Gasteiger partial charge in [-0.15, -0.1) is 0 Å². The number of amides is 1. The molecule has 3 heterocycles. The van der Waals surface area contributed by atoms with E-state index in [-0.39, 0.29) is 17.4 Å². The molecule has 0 radical (unpaired) electrons. The molecule has 1 amide bonds. The molecule has 180 valence electrons. The summed E-state index contributed by atoms with van der Waals surface area (Å²) in [5.74, 6) is -0.755. The number of halogens is 1. The van der Waals surface area contributed by atoms with Crippen molar-refractivity contribution in [3.05, 3.63) is 82.3 Å². The quantitative estimate of drug-likeness (QED) is 0.445. The van der Waals surface area contributed by atoms with Crippen LogP contribution in [0.4, 0.5) is 4.39 Å². The molecule has 0 bridgehead atoms.